The molecule has 0 aliphatic heterocycles. The van der Waals surface area contributed by atoms with Gasteiger partial charge in [-0.05, 0) is 31.9 Å². The Bertz CT molecular complexity index is 847. The van der Waals surface area contributed by atoms with Crippen molar-refractivity contribution in [2.45, 2.75) is 31.8 Å². The van der Waals surface area contributed by atoms with Crippen LogP contribution in [-0.4, -0.2) is 39.1 Å². The predicted molar refractivity (Wildman–Crippen MR) is 101 cm³/mol. The Hall–Kier alpha value is -2.50. The summed E-state index contributed by atoms with van der Waals surface area (Å²) in [4.78, 5) is 26.3. The highest BCUT2D eigenvalue weighted by atomic mass is 16.3. The van der Waals surface area contributed by atoms with E-state index in [4.69, 9.17) is 5.11 Å². The highest BCUT2D eigenvalue weighted by Gasteiger charge is 2.68. The molecule has 0 radical (unpaired) electrons. The molecule has 0 heterocycles. The summed E-state index contributed by atoms with van der Waals surface area (Å²) in [5.74, 6) is -2.31. The predicted octanol–water partition coefficient (Wildman–Crippen LogP) is 2.62. The van der Waals surface area contributed by atoms with Crippen LogP contribution in [0.25, 0.3) is 0 Å². The lowest BCUT2D eigenvalue weighted by Gasteiger charge is -2.55. The first-order valence-corrected chi connectivity index (χ1v) is 9.00. The minimum Gasteiger partial charge on any atom is -0.508 e. The zero-order valence-corrected chi connectivity index (χ0v) is 15.4. The smallest absolute Gasteiger partial charge is 0.178 e. The van der Waals surface area contributed by atoms with Gasteiger partial charge in [0.25, 0.3) is 0 Å². The molecule has 3 fully saturated rings. The zero-order chi connectivity index (χ0) is 19.8. The van der Waals surface area contributed by atoms with Crippen LogP contribution >= 0.6 is 0 Å². The maximum Gasteiger partial charge on any atom is 0.178 e. The molecule has 3 aliphatic rings. The van der Waals surface area contributed by atoms with Gasteiger partial charge in [0.05, 0.1) is 12.0 Å². The number of aliphatic hydroxyl groups excluding tert-OH is 2. The summed E-state index contributed by atoms with van der Waals surface area (Å²) in [5, 5.41) is 30.2. The molecular formula is C22H24O5. The Morgan fingerprint density at radius 3 is 2.44 bits per heavy atom. The van der Waals surface area contributed by atoms with E-state index in [1.807, 2.05) is 30.3 Å². The van der Waals surface area contributed by atoms with Crippen molar-refractivity contribution in [3.8, 4) is 0 Å². The van der Waals surface area contributed by atoms with E-state index in [2.05, 4.69) is 0 Å². The Kier molecular flexibility index (Phi) is 4.93. The van der Waals surface area contributed by atoms with Crippen molar-refractivity contribution in [1.29, 1.82) is 0 Å². The van der Waals surface area contributed by atoms with Crippen molar-refractivity contribution in [3.63, 3.8) is 0 Å². The maximum absolute atomic E-state index is 13.3. The fraction of sp³-hybridized carbons (Fsp3) is 0.364. The third-order valence-electron chi connectivity index (χ3n) is 5.93. The van der Waals surface area contributed by atoms with Crippen molar-refractivity contribution < 1.29 is 24.9 Å². The third kappa shape index (κ3) is 2.87. The van der Waals surface area contributed by atoms with E-state index < -0.39 is 28.5 Å². The van der Waals surface area contributed by atoms with Gasteiger partial charge in [-0.2, -0.15) is 0 Å². The molecule has 5 nitrogen and oxygen atoms in total. The van der Waals surface area contributed by atoms with E-state index >= 15 is 0 Å². The Labute approximate surface area is 158 Å². The summed E-state index contributed by atoms with van der Waals surface area (Å²) in [6.07, 6.45) is 6.27. The number of ketones is 2. The van der Waals surface area contributed by atoms with Gasteiger partial charge in [0.15, 0.2) is 11.6 Å². The SMILES string of the molecule is C[C@]12C(=O)\C(=C(O)/C=C\C=C/CO)[C@H](C[C@H]1c1ccccc1)[C@@](C)(O)C2=O. The van der Waals surface area contributed by atoms with Gasteiger partial charge in [0, 0.05) is 17.4 Å². The van der Waals surface area contributed by atoms with E-state index in [1.165, 1.54) is 25.2 Å². The molecule has 1 aromatic rings. The number of aliphatic hydroxyl groups is 3. The molecule has 4 rings (SSSR count). The summed E-state index contributed by atoms with van der Waals surface area (Å²) >= 11 is 0. The Morgan fingerprint density at radius 1 is 1.15 bits per heavy atom. The Morgan fingerprint density at radius 2 is 1.81 bits per heavy atom. The van der Waals surface area contributed by atoms with Gasteiger partial charge in [-0.25, -0.2) is 0 Å². The van der Waals surface area contributed by atoms with Crippen LogP contribution in [0.3, 0.4) is 0 Å². The van der Waals surface area contributed by atoms with Gasteiger partial charge in [-0.1, -0.05) is 48.6 Å². The van der Waals surface area contributed by atoms with Crippen LogP contribution in [0.2, 0.25) is 0 Å². The average Bonchev–Trinajstić information content (AvgIpc) is 2.65. The van der Waals surface area contributed by atoms with Crippen molar-refractivity contribution >= 4 is 11.6 Å². The lowest BCUT2D eigenvalue weighted by molar-refractivity contribution is -0.170. The topological polar surface area (TPSA) is 94.8 Å². The quantitative estimate of drug-likeness (QED) is 0.329. The molecule has 4 atom stereocenters. The van der Waals surface area contributed by atoms with Crippen LogP contribution in [0.15, 0.2) is 66.0 Å². The summed E-state index contributed by atoms with van der Waals surface area (Å²) in [7, 11) is 0. The fourth-order valence-electron chi connectivity index (χ4n) is 4.47. The number of allylic oxidation sites excluding steroid dienone is 3. The lowest BCUT2D eigenvalue weighted by atomic mass is 9.46. The van der Waals surface area contributed by atoms with E-state index in [9.17, 15) is 19.8 Å². The number of fused-ring (bicyclic) bond motifs is 3. The first kappa shape index (κ1) is 19.3. The fourth-order valence-corrected chi connectivity index (χ4v) is 4.47. The van der Waals surface area contributed by atoms with Crippen LogP contribution < -0.4 is 0 Å². The van der Waals surface area contributed by atoms with Gasteiger partial charge in [0.1, 0.15) is 11.4 Å². The van der Waals surface area contributed by atoms with Gasteiger partial charge in [-0.3, -0.25) is 9.59 Å². The number of benzene rings is 1. The highest BCUT2D eigenvalue weighted by molar-refractivity contribution is 6.21. The molecule has 0 spiro atoms. The van der Waals surface area contributed by atoms with Gasteiger partial charge in [-0.15, -0.1) is 0 Å². The minimum absolute atomic E-state index is 0.0999. The number of carbonyl (C=O) groups excluding carboxylic acids is 2. The monoisotopic (exact) mass is 368 g/mol. The number of hydrogen-bond acceptors (Lipinski definition) is 5. The molecule has 0 unspecified atom stereocenters. The van der Waals surface area contributed by atoms with E-state index in [-0.39, 0.29) is 23.9 Å². The summed E-state index contributed by atoms with van der Waals surface area (Å²) in [6, 6.07) is 9.36. The molecule has 142 valence electrons. The molecule has 3 aliphatic carbocycles. The molecule has 0 amide bonds. The Balaban J connectivity index is 2.11. The van der Waals surface area contributed by atoms with Crippen molar-refractivity contribution in [2.24, 2.45) is 11.3 Å². The van der Waals surface area contributed by atoms with Crippen LogP contribution in [-0.2, 0) is 9.59 Å². The van der Waals surface area contributed by atoms with Crippen LogP contribution in [0.4, 0.5) is 0 Å². The summed E-state index contributed by atoms with van der Waals surface area (Å²) in [5.41, 5.74) is -2.17. The second-order valence-corrected chi connectivity index (χ2v) is 7.53. The number of hydrogen-bond donors (Lipinski definition) is 3. The molecule has 27 heavy (non-hydrogen) atoms. The molecule has 0 aromatic heterocycles. The molecule has 3 saturated carbocycles. The highest BCUT2D eigenvalue weighted by Crippen LogP contribution is 2.59. The number of Topliss-reactive ketones (excluding diaryl/α,β-unsaturated/α-hetero) is 2. The second-order valence-electron chi connectivity index (χ2n) is 7.53. The molecule has 5 heteroatoms. The second kappa shape index (κ2) is 6.91. The number of carbonyl (C=O) groups is 2. The van der Waals surface area contributed by atoms with Crippen molar-refractivity contribution in [1.82, 2.24) is 0 Å². The third-order valence-corrected chi connectivity index (χ3v) is 5.93. The summed E-state index contributed by atoms with van der Waals surface area (Å²) in [6.45, 7) is 2.86. The van der Waals surface area contributed by atoms with Crippen LogP contribution in [0.5, 0.6) is 0 Å². The summed E-state index contributed by atoms with van der Waals surface area (Å²) < 4.78 is 0. The molecule has 0 saturated heterocycles. The first-order valence-electron chi connectivity index (χ1n) is 9.00. The van der Waals surface area contributed by atoms with E-state index in [1.54, 1.807) is 13.0 Å². The van der Waals surface area contributed by atoms with Gasteiger partial charge < -0.3 is 15.3 Å². The van der Waals surface area contributed by atoms with Crippen molar-refractivity contribution in [2.75, 3.05) is 6.61 Å². The first-order chi connectivity index (χ1) is 12.8. The maximum atomic E-state index is 13.3. The normalized spacial score (nSPS) is 35.4. The van der Waals surface area contributed by atoms with Gasteiger partial charge in [0.2, 0.25) is 0 Å². The van der Waals surface area contributed by atoms with E-state index in [0.29, 0.717) is 6.42 Å². The van der Waals surface area contributed by atoms with E-state index in [0.717, 1.165) is 5.56 Å². The standard InChI is InChI=1S/C22H24O5/c1-21-15(14-9-5-3-6-10-14)13-16(22(2,27)20(21)26)18(19(21)25)17(24)11-7-4-8-12-23/h3-11,15-16,23-24,27H,12-13H2,1-2H3/b8-4-,11-7-,18-17+/t15-,16-,21+,22+/m0/s1. The van der Waals surface area contributed by atoms with Crippen LogP contribution in [0.1, 0.15) is 31.7 Å². The van der Waals surface area contributed by atoms with Gasteiger partial charge >= 0.3 is 0 Å². The molecular weight excluding hydrogens is 344 g/mol. The minimum atomic E-state index is -1.72. The molecule has 3 N–H and O–H groups in total. The van der Waals surface area contributed by atoms with Crippen molar-refractivity contribution in [3.05, 3.63) is 71.5 Å². The zero-order valence-electron chi connectivity index (χ0n) is 15.4. The lowest BCUT2D eigenvalue weighted by Crippen LogP contribution is -2.66. The molecule has 1 aromatic carbocycles. The average molecular weight is 368 g/mol. The number of rotatable bonds is 4. The largest absolute Gasteiger partial charge is 0.508 e. The van der Waals surface area contributed by atoms with Crippen LogP contribution in [0, 0.1) is 11.3 Å². The molecule has 2 bridgehead atoms.